The maximum Gasteiger partial charge on any atom is 0.339 e. The molecule has 0 saturated carbocycles. The summed E-state index contributed by atoms with van der Waals surface area (Å²) in [6, 6.07) is 2.25. The summed E-state index contributed by atoms with van der Waals surface area (Å²) >= 11 is 2.97. The fraction of sp³-hybridized carbons (Fsp3) is 0.222. The predicted octanol–water partition coefficient (Wildman–Crippen LogP) is 1.50. The number of ether oxygens (including phenoxy) is 1. The van der Waals surface area contributed by atoms with Crippen molar-refractivity contribution in [3.05, 3.63) is 28.0 Å². The summed E-state index contributed by atoms with van der Waals surface area (Å²) < 4.78 is 17.6. The molecular weight excluding hydrogens is 271 g/mol. The van der Waals surface area contributed by atoms with Crippen LogP contribution in [0, 0.1) is 5.82 Å². The van der Waals surface area contributed by atoms with E-state index < -0.39 is 23.6 Å². The van der Waals surface area contributed by atoms with Crippen LogP contribution in [0.25, 0.3) is 0 Å². The first-order valence-electron chi connectivity index (χ1n) is 3.91. The van der Waals surface area contributed by atoms with Crippen LogP contribution in [-0.2, 0) is 9.53 Å². The summed E-state index contributed by atoms with van der Waals surface area (Å²) in [4.78, 5) is 11.0. The first-order valence-corrected chi connectivity index (χ1v) is 4.70. The SMILES string of the molecule is COC(=O)C(O)c1cc(Br)cc(F)c1O. The molecule has 0 aliphatic heterocycles. The molecular formula is C9H8BrFO4. The van der Waals surface area contributed by atoms with Crippen molar-refractivity contribution in [2.45, 2.75) is 6.10 Å². The van der Waals surface area contributed by atoms with E-state index >= 15 is 0 Å². The molecule has 1 atom stereocenters. The number of phenolic OH excluding ortho intramolecular Hbond substituents is 1. The number of carbonyl (C=O) groups excluding carboxylic acids is 1. The number of hydrogen-bond donors (Lipinski definition) is 2. The van der Waals surface area contributed by atoms with E-state index in [1.54, 1.807) is 0 Å². The van der Waals surface area contributed by atoms with Crippen molar-refractivity contribution in [2.75, 3.05) is 7.11 Å². The monoisotopic (exact) mass is 278 g/mol. The van der Waals surface area contributed by atoms with Gasteiger partial charge in [0.05, 0.1) is 7.11 Å². The Morgan fingerprint density at radius 1 is 1.60 bits per heavy atom. The number of hydrogen-bond acceptors (Lipinski definition) is 4. The van der Waals surface area contributed by atoms with Crippen molar-refractivity contribution in [1.82, 2.24) is 0 Å². The highest BCUT2D eigenvalue weighted by Crippen LogP contribution is 2.31. The normalized spacial score (nSPS) is 12.3. The first-order chi connectivity index (χ1) is 6.97. The lowest BCUT2D eigenvalue weighted by Gasteiger charge is -2.11. The van der Waals surface area contributed by atoms with Gasteiger partial charge < -0.3 is 14.9 Å². The molecule has 0 radical (unpaired) electrons. The van der Waals surface area contributed by atoms with Crippen LogP contribution in [0.5, 0.6) is 5.75 Å². The van der Waals surface area contributed by atoms with Crippen LogP contribution in [0.15, 0.2) is 16.6 Å². The fourth-order valence-corrected chi connectivity index (χ4v) is 1.48. The van der Waals surface area contributed by atoms with Crippen molar-refractivity contribution in [3.63, 3.8) is 0 Å². The third kappa shape index (κ3) is 2.45. The smallest absolute Gasteiger partial charge is 0.339 e. The average molecular weight is 279 g/mol. The molecule has 4 nitrogen and oxygen atoms in total. The Morgan fingerprint density at radius 3 is 2.73 bits per heavy atom. The molecule has 0 heterocycles. The number of benzene rings is 1. The van der Waals surface area contributed by atoms with Crippen LogP contribution >= 0.6 is 15.9 Å². The van der Waals surface area contributed by atoms with Crippen LogP contribution < -0.4 is 0 Å². The average Bonchev–Trinajstić information content (AvgIpc) is 2.21. The summed E-state index contributed by atoms with van der Waals surface area (Å²) in [5.74, 6) is -2.67. The Morgan fingerprint density at radius 2 is 2.20 bits per heavy atom. The van der Waals surface area contributed by atoms with E-state index in [1.807, 2.05) is 0 Å². The van der Waals surface area contributed by atoms with Gasteiger partial charge in [-0.1, -0.05) is 15.9 Å². The molecule has 1 aromatic rings. The van der Waals surface area contributed by atoms with Gasteiger partial charge in [0.25, 0.3) is 0 Å². The molecule has 0 aromatic heterocycles. The number of aliphatic hydroxyl groups is 1. The Bertz CT molecular complexity index is 394. The molecule has 6 heteroatoms. The molecule has 0 aliphatic rings. The molecule has 82 valence electrons. The molecule has 1 rings (SSSR count). The van der Waals surface area contributed by atoms with Crippen LogP contribution in [0.3, 0.4) is 0 Å². The minimum absolute atomic E-state index is 0.242. The second kappa shape index (κ2) is 4.59. The van der Waals surface area contributed by atoms with Gasteiger partial charge in [0.15, 0.2) is 17.7 Å². The van der Waals surface area contributed by atoms with Crippen LogP contribution in [-0.4, -0.2) is 23.3 Å². The van der Waals surface area contributed by atoms with Crippen LogP contribution in [0.2, 0.25) is 0 Å². The third-order valence-electron chi connectivity index (χ3n) is 1.78. The number of methoxy groups -OCH3 is 1. The minimum Gasteiger partial charge on any atom is -0.505 e. The lowest BCUT2D eigenvalue weighted by molar-refractivity contribution is -0.150. The van der Waals surface area contributed by atoms with E-state index in [2.05, 4.69) is 20.7 Å². The van der Waals surface area contributed by atoms with Gasteiger partial charge in [-0.15, -0.1) is 0 Å². The zero-order chi connectivity index (χ0) is 11.6. The van der Waals surface area contributed by atoms with Gasteiger partial charge in [-0.3, -0.25) is 0 Å². The number of halogens is 2. The topological polar surface area (TPSA) is 66.8 Å². The van der Waals surface area contributed by atoms with E-state index in [0.29, 0.717) is 4.47 Å². The number of esters is 1. The van der Waals surface area contributed by atoms with Gasteiger partial charge in [0, 0.05) is 10.0 Å². The van der Waals surface area contributed by atoms with Crippen molar-refractivity contribution < 1.29 is 24.1 Å². The highest BCUT2D eigenvalue weighted by Gasteiger charge is 2.23. The summed E-state index contributed by atoms with van der Waals surface area (Å²) in [5, 5.41) is 18.7. The summed E-state index contributed by atoms with van der Waals surface area (Å²) in [6.07, 6.45) is -1.71. The van der Waals surface area contributed by atoms with E-state index in [9.17, 15) is 19.4 Å². The molecule has 1 unspecified atom stereocenters. The molecule has 0 bridgehead atoms. The molecule has 0 amide bonds. The summed E-state index contributed by atoms with van der Waals surface area (Å²) in [7, 11) is 1.08. The quantitative estimate of drug-likeness (QED) is 0.805. The maximum atomic E-state index is 13.0. The molecule has 0 spiro atoms. The highest BCUT2D eigenvalue weighted by molar-refractivity contribution is 9.10. The second-order valence-electron chi connectivity index (χ2n) is 2.75. The standard InChI is InChI=1S/C9H8BrFO4/c1-15-9(14)8(13)5-2-4(10)3-6(11)7(5)12/h2-3,8,12-13H,1H3. The number of phenols is 1. The molecule has 0 aliphatic carbocycles. The fourth-order valence-electron chi connectivity index (χ4n) is 1.03. The minimum atomic E-state index is -1.71. The van der Waals surface area contributed by atoms with E-state index in [1.165, 1.54) is 6.07 Å². The molecule has 15 heavy (non-hydrogen) atoms. The number of rotatable bonds is 2. The Labute approximate surface area is 93.4 Å². The van der Waals surface area contributed by atoms with Crippen LogP contribution in [0.4, 0.5) is 4.39 Å². The second-order valence-corrected chi connectivity index (χ2v) is 3.67. The molecule has 1 aromatic carbocycles. The highest BCUT2D eigenvalue weighted by atomic mass is 79.9. The number of aromatic hydroxyl groups is 1. The Kier molecular flexibility index (Phi) is 3.65. The van der Waals surface area contributed by atoms with Crippen molar-refractivity contribution in [1.29, 1.82) is 0 Å². The zero-order valence-corrected chi connectivity index (χ0v) is 9.28. The van der Waals surface area contributed by atoms with E-state index in [0.717, 1.165) is 13.2 Å². The largest absolute Gasteiger partial charge is 0.505 e. The van der Waals surface area contributed by atoms with E-state index in [4.69, 9.17) is 0 Å². The molecule has 0 fully saturated rings. The zero-order valence-electron chi connectivity index (χ0n) is 7.70. The maximum absolute atomic E-state index is 13.0. The van der Waals surface area contributed by atoms with Crippen molar-refractivity contribution in [3.8, 4) is 5.75 Å². The van der Waals surface area contributed by atoms with Gasteiger partial charge in [0.1, 0.15) is 0 Å². The van der Waals surface area contributed by atoms with Crippen molar-refractivity contribution >= 4 is 21.9 Å². The van der Waals surface area contributed by atoms with Crippen LogP contribution in [0.1, 0.15) is 11.7 Å². The van der Waals surface area contributed by atoms with E-state index in [-0.39, 0.29) is 5.56 Å². The predicted molar refractivity (Wildman–Crippen MR) is 52.7 cm³/mol. The summed E-state index contributed by atoms with van der Waals surface area (Å²) in [5.41, 5.74) is -0.242. The number of carbonyl (C=O) groups is 1. The van der Waals surface area contributed by atoms with Gasteiger partial charge in [0.2, 0.25) is 0 Å². The third-order valence-corrected chi connectivity index (χ3v) is 2.23. The van der Waals surface area contributed by atoms with Gasteiger partial charge in [-0.25, -0.2) is 9.18 Å². The first kappa shape index (κ1) is 11.9. The van der Waals surface area contributed by atoms with Crippen molar-refractivity contribution in [2.24, 2.45) is 0 Å². The van der Waals surface area contributed by atoms with Gasteiger partial charge >= 0.3 is 5.97 Å². The number of aliphatic hydroxyl groups excluding tert-OH is 1. The molecule has 2 N–H and O–H groups in total. The van der Waals surface area contributed by atoms with Gasteiger partial charge in [-0.05, 0) is 12.1 Å². The lowest BCUT2D eigenvalue weighted by atomic mass is 10.1. The lowest BCUT2D eigenvalue weighted by Crippen LogP contribution is -2.14. The summed E-state index contributed by atoms with van der Waals surface area (Å²) in [6.45, 7) is 0. The Hall–Kier alpha value is -1.14. The Balaban J connectivity index is 3.19. The van der Waals surface area contributed by atoms with Gasteiger partial charge in [-0.2, -0.15) is 0 Å². The molecule has 0 saturated heterocycles.